The van der Waals surface area contributed by atoms with Crippen molar-refractivity contribution < 1.29 is 9.53 Å². The molecule has 1 unspecified atom stereocenters. The number of carbonyl (C=O) groups excluding carboxylic acids is 1. The highest BCUT2D eigenvalue weighted by Gasteiger charge is 2.26. The van der Waals surface area contributed by atoms with Gasteiger partial charge < -0.3 is 4.74 Å². The van der Waals surface area contributed by atoms with Crippen LogP contribution in [-0.4, -0.2) is 12.1 Å². The number of hydrogen-bond acceptors (Lipinski definition) is 2. The van der Waals surface area contributed by atoms with Gasteiger partial charge >= 0.3 is 5.97 Å². The van der Waals surface area contributed by atoms with Crippen LogP contribution in [0.2, 0.25) is 0 Å². The predicted octanol–water partition coefficient (Wildman–Crippen LogP) is 4.18. The summed E-state index contributed by atoms with van der Waals surface area (Å²) < 4.78 is 5.61. The molecular formula is C15H28O2. The third-order valence-corrected chi connectivity index (χ3v) is 3.57. The van der Waals surface area contributed by atoms with Crippen LogP contribution in [0.4, 0.5) is 0 Å². The summed E-state index contributed by atoms with van der Waals surface area (Å²) in [6.07, 6.45) is 5.58. The molecule has 0 saturated heterocycles. The number of rotatable bonds is 3. The number of hydrogen-bond donors (Lipinski definition) is 0. The van der Waals surface area contributed by atoms with Gasteiger partial charge in [-0.05, 0) is 43.4 Å². The predicted molar refractivity (Wildman–Crippen MR) is 70.7 cm³/mol. The van der Waals surface area contributed by atoms with Crippen molar-refractivity contribution in [1.29, 1.82) is 0 Å². The SMILES string of the molecule is CC1CCC(OC(=O)C(C)CC(C)(C)C)CC1. The van der Waals surface area contributed by atoms with Crippen molar-refractivity contribution in [3.8, 4) is 0 Å². The van der Waals surface area contributed by atoms with Crippen LogP contribution >= 0.6 is 0 Å². The lowest BCUT2D eigenvalue weighted by atomic mass is 9.85. The summed E-state index contributed by atoms with van der Waals surface area (Å²) in [6, 6.07) is 0. The van der Waals surface area contributed by atoms with Crippen molar-refractivity contribution >= 4 is 5.97 Å². The zero-order chi connectivity index (χ0) is 13.1. The largest absolute Gasteiger partial charge is 0.462 e. The second-order valence-corrected chi connectivity index (χ2v) is 6.98. The molecule has 0 aliphatic heterocycles. The van der Waals surface area contributed by atoms with E-state index < -0.39 is 0 Å². The first-order valence-electron chi connectivity index (χ1n) is 6.98. The Hall–Kier alpha value is -0.530. The molecule has 0 radical (unpaired) electrons. The molecule has 2 heteroatoms. The minimum atomic E-state index is -0.000483. The summed E-state index contributed by atoms with van der Waals surface area (Å²) in [7, 11) is 0. The van der Waals surface area contributed by atoms with Gasteiger partial charge in [-0.15, -0.1) is 0 Å². The highest BCUT2D eigenvalue weighted by Crippen LogP contribution is 2.28. The van der Waals surface area contributed by atoms with Gasteiger partial charge in [-0.1, -0.05) is 34.6 Å². The van der Waals surface area contributed by atoms with Gasteiger partial charge in [0.05, 0.1) is 5.92 Å². The maximum absolute atomic E-state index is 11.9. The quantitative estimate of drug-likeness (QED) is 0.692. The molecule has 0 amide bonds. The van der Waals surface area contributed by atoms with Gasteiger partial charge in [-0.2, -0.15) is 0 Å². The fraction of sp³-hybridized carbons (Fsp3) is 0.933. The van der Waals surface area contributed by atoms with Gasteiger partial charge in [-0.25, -0.2) is 0 Å². The van der Waals surface area contributed by atoms with Gasteiger partial charge in [0.2, 0.25) is 0 Å². The molecule has 1 aliphatic carbocycles. The topological polar surface area (TPSA) is 26.3 Å². The van der Waals surface area contributed by atoms with Gasteiger partial charge in [0.25, 0.3) is 0 Å². The third-order valence-electron chi connectivity index (χ3n) is 3.57. The Balaban J connectivity index is 2.33. The minimum absolute atomic E-state index is 0.000483. The van der Waals surface area contributed by atoms with E-state index in [2.05, 4.69) is 27.7 Å². The first-order valence-corrected chi connectivity index (χ1v) is 6.98. The lowest BCUT2D eigenvalue weighted by molar-refractivity contribution is -0.156. The van der Waals surface area contributed by atoms with Gasteiger partial charge in [0.15, 0.2) is 0 Å². The number of ether oxygens (including phenoxy) is 1. The van der Waals surface area contributed by atoms with Crippen LogP contribution in [0.1, 0.15) is 66.7 Å². The lowest BCUT2D eigenvalue weighted by Gasteiger charge is -2.28. The standard InChI is InChI=1S/C15H28O2/c1-11-6-8-13(9-7-11)17-14(16)12(2)10-15(3,4)5/h11-13H,6-10H2,1-5H3. The smallest absolute Gasteiger partial charge is 0.308 e. The molecule has 0 spiro atoms. The van der Waals surface area contributed by atoms with Crippen molar-refractivity contribution in [2.75, 3.05) is 0 Å². The molecule has 1 atom stereocenters. The molecular weight excluding hydrogens is 212 g/mol. The fourth-order valence-electron chi connectivity index (χ4n) is 2.63. The van der Waals surface area contributed by atoms with E-state index in [0.717, 1.165) is 25.2 Å². The van der Waals surface area contributed by atoms with Crippen LogP contribution < -0.4 is 0 Å². The van der Waals surface area contributed by atoms with Gasteiger partial charge in [-0.3, -0.25) is 4.79 Å². The van der Waals surface area contributed by atoms with Crippen LogP contribution in [0.25, 0.3) is 0 Å². The van der Waals surface area contributed by atoms with E-state index in [-0.39, 0.29) is 23.4 Å². The first-order chi connectivity index (χ1) is 7.78. The molecule has 1 saturated carbocycles. The monoisotopic (exact) mass is 240 g/mol. The summed E-state index contributed by atoms with van der Waals surface area (Å²) in [5.41, 5.74) is 0.194. The number of esters is 1. The maximum atomic E-state index is 11.9. The van der Waals surface area contributed by atoms with Crippen molar-refractivity contribution in [1.82, 2.24) is 0 Å². The molecule has 0 heterocycles. The molecule has 0 aromatic carbocycles. The fourth-order valence-corrected chi connectivity index (χ4v) is 2.63. The lowest BCUT2D eigenvalue weighted by Crippen LogP contribution is -2.28. The Kier molecular flexibility index (Phi) is 5.03. The molecule has 2 nitrogen and oxygen atoms in total. The highest BCUT2D eigenvalue weighted by atomic mass is 16.5. The van der Waals surface area contributed by atoms with Crippen LogP contribution in [0.5, 0.6) is 0 Å². The van der Waals surface area contributed by atoms with E-state index in [1.54, 1.807) is 0 Å². The van der Waals surface area contributed by atoms with E-state index in [1.807, 2.05) is 6.92 Å². The van der Waals surface area contributed by atoms with E-state index in [4.69, 9.17) is 4.74 Å². The van der Waals surface area contributed by atoms with Crippen LogP contribution in [0.15, 0.2) is 0 Å². The molecule has 0 aromatic rings. The van der Waals surface area contributed by atoms with Gasteiger partial charge in [0, 0.05) is 0 Å². The van der Waals surface area contributed by atoms with E-state index in [9.17, 15) is 4.79 Å². The van der Waals surface area contributed by atoms with Crippen molar-refractivity contribution in [2.24, 2.45) is 17.3 Å². The van der Waals surface area contributed by atoms with Crippen LogP contribution in [-0.2, 0) is 9.53 Å². The molecule has 100 valence electrons. The molecule has 0 aromatic heterocycles. The summed E-state index contributed by atoms with van der Waals surface area (Å²) in [6.45, 7) is 10.8. The van der Waals surface area contributed by atoms with E-state index in [1.165, 1.54) is 12.8 Å². The Morgan fingerprint density at radius 3 is 2.24 bits per heavy atom. The Morgan fingerprint density at radius 2 is 1.76 bits per heavy atom. The molecule has 0 N–H and O–H groups in total. The number of carbonyl (C=O) groups is 1. The maximum Gasteiger partial charge on any atom is 0.308 e. The Morgan fingerprint density at radius 1 is 1.24 bits per heavy atom. The summed E-state index contributed by atoms with van der Waals surface area (Å²) >= 11 is 0. The normalized spacial score (nSPS) is 27.6. The molecule has 1 aliphatic rings. The second-order valence-electron chi connectivity index (χ2n) is 6.98. The Labute approximate surface area is 106 Å². The highest BCUT2D eigenvalue weighted by molar-refractivity contribution is 5.72. The minimum Gasteiger partial charge on any atom is -0.462 e. The molecule has 17 heavy (non-hydrogen) atoms. The van der Waals surface area contributed by atoms with Gasteiger partial charge in [0.1, 0.15) is 6.10 Å². The molecule has 1 rings (SSSR count). The van der Waals surface area contributed by atoms with Crippen LogP contribution in [0, 0.1) is 17.3 Å². The third kappa shape index (κ3) is 5.56. The zero-order valence-corrected chi connectivity index (χ0v) is 12.1. The summed E-state index contributed by atoms with van der Waals surface area (Å²) in [5, 5.41) is 0. The molecule has 1 fully saturated rings. The van der Waals surface area contributed by atoms with E-state index in [0.29, 0.717) is 0 Å². The zero-order valence-electron chi connectivity index (χ0n) is 12.1. The summed E-state index contributed by atoms with van der Waals surface area (Å²) in [5.74, 6) is 0.825. The second kappa shape index (κ2) is 5.88. The summed E-state index contributed by atoms with van der Waals surface area (Å²) in [4.78, 5) is 11.9. The average Bonchev–Trinajstić information content (AvgIpc) is 2.19. The van der Waals surface area contributed by atoms with Crippen molar-refractivity contribution in [3.63, 3.8) is 0 Å². The van der Waals surface area contributed by atoms with Crippen molar-refractivity contribution in [2.45, 2.75) is 72.8 Å². The Bertz CT molecular complexity index is 244. The van der Waals surface area contributed by atoms with Crippen LogP contribution in [0.3, 0.4) is 0 Å². The van der Waals surface area contributed by atoms with E-state index >= 15 is 0 Å². The molecule has 0 bridgehead atoms. The van der Waals surface area contributed by atoms with Crippen molar-refractivity contribution in [3.05, 3.63) is 0 Å². The average molecular weight is 240 g/mol. The first kappa shape index (κ1) is 14.5.